The van der Waals surface area contributed by atoms with Gasteiger partial charge in [0.15, 0.2) is 0 Å². The maximum absolute atomic E-state index is 12.8. The van der Waals surface area contributed by atoms with E-state index >= 15 is 0 Å². The van der Waals surface area contributed by atoms with Gasteiger partial charge in [-0.25, -0.2) is 9.37 Å². The van der Waals surface area contributed by atoms with Crippen molar-refractivity contribution in [1.82, 2.24) is 14.9 Å². The standard InChI is InChI=1S/C14H18FN3/c1-11(7-12-3-5-13(15)6-4-12)18-10-17-9-14(18)8-16-2/h3-6,9-11,16H,7-8H2,1-2H3. The van der Waals surface area contributed by atoms with Crippen LogP contribution < -0.4 is 5.32 Å². The molecule has 18 heavy (non-hydrogen) atoms. The predicted molar refractivity (Wildman–Crippen MR) is 69.8 cm³/mol. The van der Waals surface area contributed by atoms with Gasteiger partial charge in [0, 0.05) is 18.8 Å². The van der Waals surface area contributed by atoms with Crippen LogP contribution in [0.3, 0.4) is 0 Å². The molecule has 0 fully saturated rings. The number of hydrogen-bond acceptors (Lipinski definition) is 2. The summed E-state index contributed by atoms with van der Waals surface area (Å²) in [6.07, 6.45) is 4.59. The maximum Gasteiger partial charge on any atom is 0.123 e. The highest BCUT2D eigenvalue weighted by Crippen LogP contribution is 2.16. The lowest BCUT2D eigenvalue weighted by atomic mass is 10.1. The molecule has 0 aliphatic carbocycles. The summed E-state index contributed by atoms with van der Waals surface area (Å²) in [5.74, 6) is -0.190. The molecule has 1 unspecified atom stereocenters. The summed E-state index contributed by atoms with van der Waals surface area (Å²) in [6, 6.07) is 6.98. The number of nitrogens with zero attached hydrogens (tertiary/aromatic N) is 2. The van der Waals surface area contributed by atoms with Crippen molar-refractivity contribution in [2.45, 2.75) is 25.9 Å². The van der Waals surface area contributed by atoms with Crippen molar-refractivity contribution >= 4 is 0 Å². The first-order valence-electron chi connectivity index (χ1n) is 6.10. The quantitative estimate of drug-likeness (QED) is 0.880. The van der Waals surface area contributed by atoms with Crippen molar-refractivity contribution < 1.29 is 4.39 Å². The molecule has 0 amide bonds. The molecule has 0 radical (unpaired) electrons. The molecule has 0 bridgehead atoms. The molecule has 1 N–H and O–H groups in total. The molecule has 0 saturated carbocycles. The van der Waals surface area contributed by atoms with E-state index in [2.05, 4.69) is 21.8 Å². The Hall–Kier alpha value is -1.68. The monoisotopic (exact) mass is 247 g/mol. The highest BCUT2D eigenvalue weighted by molar-refractivity contribution is 5.17. The van der Waals surface area contributed by atoms with Crippen LogP contribution in [0.15, 0.2) is 36.8 Å². The average Bonchev–Trinajstić information content (AvgIpc) is 2.81. The van der Waals surface area contributed by atoms with Crippen molar-refractivity contribution in [1.29, 1.82) is 0 Å². The molecule has 0 aliphatic heterocycles. The van der Waals surface area contributed by atoms with E-state index in [9.17, 15) is 4.39 Å². The van der Waals surface area contributed by atoms with Crippen molar-refractivity contribution in [2.75, 3.05) is 7.05 Å². The highest BCUT2D eigenvalue weighted by Gasteiger charge is 2.09. The maximum atomic E-state index is 12.8. The van der Waals surface area contributed by atoms with Crippen LogP contribution in [0, 0.1) is 5.82 Å². The second kappa shape index (κ2) is 5.78. The molecule has 1 aromatic carbocycles. The zero-order valence-electron chi connectivity index (χ0n) is 10.7. The Labute approximate surface area is 107 Å². The van der Waals surface area contributed by atoms with E-state index in [1.165, 1.54) is 12.1 Å². The third kappa shape index (κ3) is 2.96. The Bertz CT molecular complexity index is 490. The van der Waals surface area contributed by atoms with Crippen LogP contribution in [0.25, 0.3) is 0 Å². The Kier molecular flexibility index (Phi) is 4.10. The van der Waals surface area contributed by atoms with Crippen LogP contribution in [-0.4, -0.2) is 16.6 Å². The first-order valence-corrected chi connectivity index (χ1v) is 6.10. The molecule has 96 valence electrons. The lowest BCUT2D eigenvalue weighted by molar-refractivity contribution is 0.517. The number of benzene rings is 1. The minimum absolute atomic E-state index is 0.190. The molecule has 1 atom stereocenters. The van der Waals surface area contributed by atoms with E-state index in [0.717, 1.165) is 24.2 Å². The first-order chi connectivity index (χ1) is 8.70. The van der Waals surface area contributed by atoms with Crippen molar-refractivity contribution in [3.05, 3.63) is 53.9 Å². The molecule has 2 rings (SSSR count). The summed E-state index contributed by atoms with van der Waals surface area (Å²) in [6.45, 7) is 2.94. The van der Waals surface area contributed by atoms with Gasteiger partial charge in [0.05, 0.1) is 12.0 Å². The van der Waals surface area contributed by atoms with Gasteiger partial charge in [-0.1, -0.05) is 12.1 Å². The molecular formula is C14H18FN3. The number of hydrogen-bond donors (Lipinski definition) is 1. The fourth-order valence-electron chi connectivity index (χ4n) is 2.11. The summed E-state index contributed by atoms with van der Waals surface area (Å²) >= 11 is 0. The van der Waals surface area contributed by atoms with Gasteiger partial charge in [-0.05, 0) is 38.1 Å². The molecule has 4 heteroatoms. The fraction of sp³-hybridized carbons (Fsp3) is 0.357. The van der Waals surface area contributed by atoms with E-state index in [0.29, 0.717) is 6.04 Å². The summed E-state index contributed by atoms with van der Waals surface area (Å²) < 4.78 is 15.0. The molecular weight excluding hydrogens is 229 g/mol. The third-order valence-electron chi connectivity index (χ3n) is 3.02. The first kappa shape index (κ1) is 12.8. The summed E-state index contributed by atoms with van der Waals surface area (Å²) in [7, 11) is 1.92. The van der Waals surface area contributed by atoms with Gasteiger partial charge in [-0.3, -0.25) is 0 Å². The average molecular weight is 247 g/mol. The minimum Gasteiger partial charge on any atom is -0.330 e. The van der Waals surface area contributed by atoms with Gasteiger partial charge in [0.25, 0.3) is 0 Å². The number of nitrogens with one attached hydrogen (secondary N) is 1. The number of rotatable bonds is 5. The second-order valence-corrected chi connectivity index (χ2v) is 4.50. The molecule has 1 heterocycles. The van der Waals surface area contributed by atoms with E-state index in [1.807, 2.05) is 31.7 Å². The molecule has 0 saturated heterocycles. The summed E-state index contributed by atoms with van der Waals surface area (Å²) in [4.78, 5) is 4.18. The van der Waals surface area contributed by atoms with Crippen LogP contribution in [-0.2, 0) is 13.0 Å². The number of halogens is 1. The van der Waals surface area contributed by atoms with Crippen LogP contribution in [0.2, 0.25) is 0 Å². The van der Waals surface area contributed by atoms with E-state index in [-0.39, 0.29) is 5.82 Å². The number of imidazole rings is 1. The smallest absolute Gasteiger partial charge is 0.123 e. The van der Waals surface area contributed by atoms with E-state index < -0.39 is 0 Å². The van der Waals surface area contributed by atoms with Gasteiger partial charge < -0.3 is 9.88 Å². The third-order valence-corrected chi connectivity index (χ3v) is 3.02. The zero-order valence-corrected chi connectivity index (χ0v) is 10.7. The van der Waals surface area contributed by atoms with Gasteiger partial charge >= 0.3 is 0 Å². The fourth-order valence-corrected chi connectivity index (χ4v) is 2.11. The Morgan fingerprint density at radius 2 is 2.06 bits per heavy atom. The van der Waals surface area contributed by atoms with Crippen molar-refractivity contribution in [2.24, 2.45) is 0 Å². The van der Waals surface area contributed by atoms with E-state index in [4.69, 9.17) is 0 Å². The molecule has 3 nitrogen and oxygen atoms in total. The Morgan fingerprint density at radius 3 is 2.72 bits per heavy atom. The summed E-state index contributed by atoms with van der Waals surface area (Å²) in [5.41, 5.74) is 2.29. The van der Waals surface area contributed by atoms with Gasteiger partial charge in [-0.15, -0.1) is 0 Å². The second-order valence-electron chi connectivity index (χ2n) is 4.50. The lowest BCUT2D eigenvalue weighted by Gasteiger charge is -2.16. The van der Waals surface area contributed by atoms with Crippen LogP contribution in [0.1, 0.15) is 24.2 Å². The number of aromatic nitrogens is 2. The highest BCUT2D eigenvalue weighted by atomic mass is 19.1. The minimum atomic E-state index is -0.190. The molecule has 0 aliphatic rings. The topological polar surface area (TPSA) is 29.9 Å². The van der Waals surface area contributed by atoms with Gasteiger partial charge in [0.2, 0.25) is 0 Å². The predicted octanol–water partition coefficient (Wildman–Crippen LogP) is 2.55. The van der Waals surface area contributed by atoms with Crippen LogP contribution >= 0.6 is 0 Å². The normalized spacial score (nSPS) is 12.6. The largest absolute Gasteiger partial charge is 0.330 e. The molecule has 1 aromatic heterocycles. The Balaban J connectivity index is 2.09. The van der Waals surface area contributed by atoms with Crippen LogP contribution in [0.5, 0.6) is 0 Å². The van der Waals surface area contributed by atoms with Crippen LogP contribution in [0.4, 0.5) is 4.39 Å². The SMILES string of the molecule is CNCc1cncn1C(C)Cc1ccc(F)cc1. The lowest BCUT2D eigenvalue weighted by Crippen LogP contribution is -2.15. The van der Waals surface area contributed by atoms with Crippen molar-refractivity contribution in [3.63, 3.8) is 0 Å². The zero-order chi connectivity index (χ0) is 13.0. The van der Waals surface area contributed by atoms with E-state index in [1.54, 1.807) is 0 Å². The summed E-state index contributed by atoms with van der Waals surface area (Å²) in [5, 5.41) is 3.13. The van der Waals surface area contributed by atoms with Crippen molar-refractivity contribution in [3.8, 4) is 0 Å². The molecule has 0 spiro atoms. The molecule has 2 aromatic rings. The van der Waals surface area contributed by atoms with Gasteiger partial charge in [-0.2, -0.15) is 0 Å². The van der Waals surface area contributed by atoms with Gasteiger partial charge in [0.1, 0.15) is 5.82 Å². The Morgan fingerprint density at radius 1 is 1.33 bits per heavy atom.